The Morgan fingerprint density at radius 3 is 2.92 bits per heavy atom. The molecule has 2 heterocycles. The van der Waals surface area contributed by atoms with Crippen molar-refractivity contribution in [1.82, 2.24) is 14.9 Å². The third-order valence-electron chi connectivity index (χ3n) is 4.78. The number of benzene rings is 1. The van der Waals surface area contributed by atoms with Gasteiger partial charge in [-0.3, -0.25) is 4.79 Å². The smallest absolute Gasteiger partial charge is 0.240 e. The van der Waals surface area contributed by atoms with Gasteiger partial charge in [-0.25, -0.2) is 13.1 Å². The number of carbonyl (C=O) groups is 1. The predicted molar refractivity (Wildman–Crippen MR) is 100 cm³/mol. The quantitative estimate of drug-likeness (QED) is 0.796. The first kappa shape index (κ1) is 18.7. The third-order valence-corrected chi connectivity index (χ3v) is 7.31. The van der Waals surface area contributed by atoms with Gasteiger partial charge in [0.05, 0.1) is 16.8 Å². The van der Waals surface area contributed by atoms with Crippen LogP contribution in [0.5, 0.6) is 0 Å². The number of thioether (sulfide) groups is 1. The Morgan fingerprint density at radius 2 is 2.20 bits per heavy atom. The Hall–Kier alpha value is -1.09. The minimum absolute atomic E-state index is 0.129. The molecule has 8 heteroatoms. The van der Waals surface area contributed by atoms with Crippen LogP contribution in [0.15, 0.2) is 23.1 Å². The molecule has 138 valence electrons. The molecule has 0 aliphatic carbocycles. The van der Waals surface area contributed by atoms with E-state index in [1.54, 1.807) is 24.8 Å². The summed E-state index contributed by atoms with van der Waals surface area (Å²) in [5, 5.41) is 3.24. The highest BCUT2D eigenvalue weighted by Crippen LogP contribution is 2.21. The van der Waals surface area contributed by atoms with E-state index in [4.69, 9.17) is 0 Å². The molecule has 3 rings (SSSR count). The number of amides is 1. The molecule has 2 aliphatic rings. The van der Waals surface area contributed by atoms with Crippen LogP contribution < -0.4 is 10.0 Å². The summed E-state index contributed by atoms with van der Waals surface area (Å²) in [7, 11) is -3.53. The van der Waals surface area contributed by atoms with Crippen LogP contribution in [0.2, 0.25) is 0 Å². The minimum Gasteiger partial charge on any atom is -0.331 e. The number of nitrogens with zero attached hydrogens (tertiary/aromatic N) is 1. The topological polar surface area (TPSA) is 78.5 Å². The fourth-order valence-corrected chi connectivity index (χ4v) is 5.66. The van der Waals surface area contributed by atoms with Gasteiger partial charge in [-0.1, -0.05) is 12.1 Å². The van der Waals surface area contributed by atoms with Crippen molar-refractivity contribution in [1.29, 1.82) is 0 Å². The van der Waals surface area contributed by atoms with Crippen LogP contribution in [0.3, 0.4) is 0 Å². The SMILES string of the molecule is Cc1ccc(C)c(S(=O)(=O)NCC2CNC(C(=O)N3CCSC3)C2)c1. The van der Waals surface area contributed by atoms with E-state index >= 15 is 0 Å². The van der Waals surface area contributed by atoms with Crippen LogP contribution in [-0.4, -0.2) is 56.5 Å². The van der Waals surface area contributed by atoms with Crippen molar-refractivity contribution in [3.8, 4) is 0 Å². The molecule has 1 aromatic carbocycles. The van der Waals surface area contributed by atoms with E-state index in [0.717, 1.165) is 29.3 Å². The first-order chi connectivity index (χ1) is 11.9. The van der Waals surface area contributed by atoms with E-state index in [0.29, 0.717) is 24.4 Å². The predicted octanol–water partition coefficient (Wildman–Crippen LogP) is 1.09. The van der Waals surface area contributed by atoms with Crippen molar-refractivity contribution in [3.63, 3.8) is 0 Å². The molecular weight excluding hydrogens is 358 g/mol. The molecule has 1 aromatic rings. The largest absolute Gasteiger partial charge is 0.331 e. The van der Waals surface area contributed by atoms with Gasteiger partial charge < -0.3 is 10.2 Å². The second-order valence-corrected chi connectivity index (χ2v) is 9.63. The van der Waals surface area contributed by atoms with Crippen molar-refractivity contribution in [2.75, 3.05) is 31.3 Å². The fraction of sp³-hybridized carbons (Fsp3) is 0.588. The molecule has 25 heavy (non-hydrogen) atoms. The average Bonchev–Trinajstić information content (AvgIpc) is 3.26. The van der Waals surface area contributed by atoms with Gasteiger partial charge in [0, 0.05) is 25.4 Å². The van der Waals surface area contributed by atoms with Crippen molar-refractivity contribution in [2.45, 2.75) is 31.2 Å². The maximum atomic E-state index is 12.6. The molecule has 2 atom stereocenters. The van der Waals surface area contributed by atoms with Gasteiger partial charge in [0.1, 0.15) is 0 Å². The Labute approximate surface area is 153 Å². The summed E-state index contributed by atoms with van der Waals surface area (Å²) < 4.78 is 27.9. The lowest BCUT2D eigenvalue weighted by Crippen LogP contribution is -2.42. The molecule has 0 spiro atoms. The first-order valence-corrected chi connectivity index (χ1v) is 11.2. The lowest BCUT2D eigenvalue weighted by atomic mass is 10.1. The van der Waals surface area contributed by atoms with Crippen LogP contribution in [0.1, 0.15) is 17.5 Å². The van der Waals surface area contributed by atoms with Crippen LogP contribution >= 0.6 is 11.8 Å². The number of aryl methyl sites for hydroxylation is 2. The molecule has 1 amide bonds. The highest BCUT2D eigenvalue weighted by molar-refractivity contribution is 7.99. The van der Waals surface area contributed by atoms with E-state index in [9.17, 15) is 13.2 Å². The van der Waals surface area contributed by atoms with E-state index in [2.05, 4.69) is 10.0 Å². The highest BCUT2D eigenvalue weighted by atomic mass is 32.2. The zero-order valence-corrected chi connectivity index (χ0v) is 16.3. The van der Waals surface area contributed by atoms with Gasteiger partial charge in [0.2, 0.25) is 15.9 Å². The molecule has 2 fully saturated rings. The van der Waals surface area contributed by atoms with Crippen molar-refractivity contribution >= 4 is 27.7 Å². The monoisotopic (exact) mass is 383 g/mol. The van der Waals surface area contributed by atoms with Gasteiger partial charge in [0.15, 0.2) is 0 Å². The van der Waals surface area contributed by atoms with Crippen LogP contribution in [0.25, 0.3) is 0 Å². The average molecular weight is 384 g/mol. The number of rotatable bonds is 5. The standard InChI is InChI=1S/C17H25N3O3S2/c1-12-3-4-13(2)16(7-12)25(22,23)19-10-14-8-15(18-9-14)17(21)20-5-6-24-11-20/h3-4,7,14-15,18-19H,5-6,8-11H2,1-2H3. The van der Waals surface area contributed by atoms with Crippen LogP contribution in [0.4, 0.5) is 0 Å². The molecule has 2 N–H and O–H groups in total. The Bertz CT molecular complexity index is 746. The van der Waals surface area contributed by atoms with Gasteiger partial charge in [-0.2, -0.15) is 0 Å². The normalized spacial score (nSPS) is 24.0. The zero-order valence-electron chi connectivity index (χ0n) is 14.6. The maximum absolute atomic E-state index is 12.6. The molecule has 0 aromatic heterocycles. The van der Waals surface area contributed by atoms with E-state index < -0.39 is 10.0 Å². The minimum atomic E-state index is -3.53. The molecule has 0 saturated carbocycles. The number of nitrogens with one attached hydrogen (secondary N) is 2. The number of sulfonamides is 1. The Balaban J connectivity index is 1.57. The van der Waals surface area contributed by atoms with Crippen molar-refractivity contribution < 1.29 is 13.2 Å². The van der Waals surface area contributed by atoms with Gasteiger partial charge in [-0.15, -0.1) is 11.8 Å². The molecule has 2 saturated heterocycles. The first-order valence-electron chi connectivity index (χ1n) is 8.53. The summed E-state index contributed by atoms with van der Waals surface area (Å²) >= 11 is 1.77. The molecule has 6 nitrogen and oxygen atoms in total. The lowest BCUT2D eigenvalue weighted by Gasteiger charge is -2.19. The summed E-state index contributed by atoms with van der Waals surface area (Å²) in [5.74, 6) is 2.03. The summed E-state index contributed by atoms with van der Waals surface area (Å²) in [6, 6.07) is 5.24. The second-order valence-electron chi connectivity index (χ2n) is 6.82. The molecule has 0 radical (unpaired) electrons. The zero-order chi connectivity index (χ0) is 18.0. The molecule has 2 aliphatic heterocycles. The number of hydrogen-bond donors (Lipinski definition) is 2. The third kappa shape index (κ3) is 4.36. The van der Waals surface area contributed by atoms with Crippen LogP contribution in [-0.2, 0) is 14.8 Å². The second kappa shape index (κ2) is 7.65. The van der Waals surface area contributed by atoms with E-state index in [1.165, 1.54) is 0 Å². The van der Waals surface area contributed by atoms with E-state index in [-0.39, 0.29) is 17.9 Å². The van der Waals surface area contributed by atoms with Crippen molar-refractivity contribution in [3.05, 3.63) is 29.3 Å². The molecule has 2 unspecified atom stereocenters. The molecule has 0 bridgehead atoms. The number of hydrogen-bond acceptors (Lipinski definition) is 5. The maximum Gasteiger partial charge on any atom is 0.240 e. The van der Waals surface area contributed by atoms with Gasteiger partial charge >= 0.3 is 0 Å². The fourth-order valence-electron chi connectivity index (χ4n) is 3.26. The summed E-state index contributed by atoms with van der Waals surface area (Å²) in [6.07, 6.45) is 0.676. The summed E-state index contributed by atoms with van der Waals surface area (Å²) in [5.41, 5.74) is 1.66. The Morgan fingerprint density at radius 1 is 1.40 bits per heavy atom. The summed E-state index contributed by atoms with van der Waals surface area (Å²) in [4.78, 5) is 14.6. The molecular formula is C17H25N3O3S2. The van der Waals surface area contributed by atoms with Gasteiger partial charge in [0.25, 0.3) is 0 Å². The Kier molecular flexibility index (Phi) is 5.72. The summed E-state index contributed by atoms with van der Waals surface area (Å²) in [6.45, 7) is 5.50. The van der Waals surface area contributed by atoms with E-state index in [1.807, 2.05) is 24.0 Å². The number of carbonyl (C=O) groups excluding carboxylic acids is 1. The lowest BCUT2D eigenvalue weighted by molar-refractivity contribution is -0.131. The van der Waals surface area contributed by atoms with Gasteiger partial charge in [-0.05, 0) is 43.4 Å². The highest BCUT2D eigenvalue weighted by Gasteiger charge is 2.33. The van der Waals surface area contributed by atoms with Crippen LogP contribution in [0, 0.1) is 19.8 Å². The van der Waals surface area contributed by atoms with Crippen molar-refractivity contribution in [2.24, 2.45) is 5.92 Å².